The molecule has 0 spiro atoms. The number of amides is 1. The van der Waals surface area contributed by atoms with E-state index in [0.717, 1.165) is 29.1 Å². The first kappa shape index (κ1) is 18.3. The zero-order chi connectivity index (χ0) is 18.9. The topological polar surface area (TPSA) is 66.5 Å². The molecule has 8 heteroatoms. The van der Waals surface area contributed by atoms with Crippen LogP contribution in [0.25, 0.3) is 0 Å². The molecule has 1 aliphatic heterocycles. The molecular weight excluding hydrogens is 362 g/mol. The van der Waals surface area contributed by atoms with Crippen molar-refractivity contribution in [2.24, 2.45) is 0 Å². The van der Waals surface area contributed by atoms with Crippen LogP contribution in [-0.2, 0) is 21.1 Å². The Morgan fingerprint density at radius 2 is 1.73 bits per heavy atom. The van der Waals surface area contributed by atoms with Crippen molar-refractivity contribution in [2.45, 2.75) is 30.4 Å². The number of alkyl halides is 2. The predicted molar refractivity (Wildman–Crippen MR) is 95.7 cm³/mol. The van der Waals surface area contributed by atoms with Crippen molar-refractivity contribution in [3.05, 3.63) is 48.0 Å². The largest absolute Gasteiger partial charge is 0.356 e. The normalized spacial score (nSPS) is 14.5. The molecule has 0 saturated carbocycles. The van der Waals surface area contributed by atoms with Gasteiger partial charge in [-0.25, -0.2) is 8.42 Å². The van der Waals surface area contributed by atoms with E-state index in [1.54, 1.807) is 4.90 Å². The molecule has 1 N–H and O–H groups in total. The molecule has 0 radical (unpaired) electrons. The van der Waals surface area contributed by atoms with Crippen molar-refractivity contribution in [1.29, 1.82) is 0 Å². The average molecular weight is 380 g/mol. The summed E-state index contributed by atoms with van der Waals surface area (Å²) in [6, 6.07) is 10.8. The first-order chi connectivity index (χ1) is 12.3. The molecule has 1 amide bonds. The van der Waals surface area contributed by atoms with E-state index >= 15 is 0 Å². The second-order valence-electron chi connectivity index (χ2n) is 5.94. The van der Waals surface area contributed by atoms with E-state index in [0.29, 0.717) is 25.1 Å². The van der Waals surface area contributed by atoms with E-state index < -0.39 is 20.5 Å². The molecule has 0 saturated heterocycles. The highest BCUT2D eigenvalue weighted by Crippen LogP contribution is 2.31. The SMILES string of the molecule is CCN1C(=O)CCc2cc(Nc3ccc(S(=O)(=O)C(F)F)cc3)ccc21. The molecule has 1 heterocycles. The molecule has 0 atom stereocenters. The smallest absolute Gasteiger partial charge is 0.341 e. The van der Waals surface area contributed by atoms with Crippen molar-refractivity contribution in [3.8, 4) is 0 Å². The standard InChI is InChI=1S/C18H18F2N2O3S/c1-2-22-16-9-6-14(11-12(16)3-10-17(22)23)21-13-4-7-15(8-5-13)26(24,25)18(19)20/h4-9,11,18,21H,2-3,10H2,1H3. The fourth-order valence-corrected chi connectivity index (χ4v) is 3.70. The summed E-state index contributed by atoms with van der Waals surface area (Å²) in [5.74, 6) is -3.33. The Morgan fingerprint density at radius 3 is 2.35 bits per heavy atom. The van der Waals surface area contributed by atoms with Crippen LogP contribution in [0, 0.1) is 0 Å². The Kier molecular flexibility index (Phi) is 4.95. The van der Waals surface area contributed by atoms with Gasteiger partial charge in [0.2, 0.25) is 15.7 Å². The van der Waals surface area contributed by atoms with Gasteiger partial charge in [0.15, 0.2) is 0 Å². The Hall–Kier alpha value is -2.48. The van der Waals surface area contributed by atoms with Crippen LogP contribution in [-0.4, -0.2) is 26.6 Å². The third-order valence-corrected chi connectivity index (χ3v) is 5.70. The minimum absolute atomic E-state index is 0.108. The molecule has 5 nitrogen and oxygen atoms in total. The molecule has 0 bridgehead atoms. The Balaban J connectivity index is 1.81. The number of rotatable bonds is 5. The molecule has 0 aromatic heterocycles. The molecule has 138 valence electrons. The zero-order valence-corrected chi connectivity index (χ0v) is 14.9. The number of hydrogen-bond donors (Lipinski definition) is 1. The lowest BCUT2D eigenvalue weighted by atomic mass is 10.0. The van der Waals surface area contributed by atoms with E-state index in [-0.39, 0.29) is 5.91 Å². The summed E-state index contributed by atoms with van der Waals surface area (Å²) in [4.78, 5) is 13.3. The third-order valence-electron chi connectivity index (χ3n) is 4.30. The fraction of sp³-hybridized carbons (Fsp3) is 0.278. The molecule has 2 aromatic rings. The van der Waals surface area contributed by atoms with E-state index in [9.17, 15) is 22.0 Å². The van der Waals surface area contributed by atoms with Crippen molar-refractivity contribution in [3.63, 3.8) is 0 Å². The molecule has 0 unspecified atom stereocenters. The van der Waals surface area contributed by atoms with Gasteiger partial charge in [0.25, 0.3) is 0 Å². The number of hydrogen-bond acceptors (Lipinski definition) is 4. The van der Waals surface area contributed by atoms with Crippen LogP contribution in [0.2, 0.25) is 0 Å². The Morgan fingerprint density at radius 1 is 1.08 bits per heavy atom. The van der Waals surface area contributed by atoms with Crippen LogP contribution in [0.5, 0.6) is 0 Å². The number of anilines is 3. The molecule has 1 aliphatic rings. The maximum Gasteiger partial charge on any atom is 0.341 e. The van der Waals surface area contributed by atoms with Crippen molar-refractivity contribution >= 4 is 32.8 Å². The second kappa shape index (κ2) is 7.03. The Bertz CT molecular complexity index is 928. The molecule has 0 aliphatic carbocycles. The van der Waals surface area contributed by atoms with Gasteiger partial charge in [-0.1, -0.05) is 0 Å². The number of fused-ring (bicyclic) bond motifs is 1. The van der Waals surface area contributed by atoms with Gasteiger partial charge in [0.1, 0.15) is 0 Å². The monoisotopic (exact) mass is 380 g/mol. The first-order valence-electron chi connectivity index (χ1n) is 8.15. The number of aryl methyl sites for hydroxylation is 1. The molecular formula is C18H18F2N2O3S. The molecule has 2 aromatic carbocycles. The average Bonchev–Trinajstić information content (AvgIpc) is 2.62. The predicted octanol–water partition coefficient (Wildman–Crippen LogP) is 3.73. The van der Waals surface area contributed by atoms with Gasteiger partial charge >= 0.3 is 5.76 Å². The van der Waals surface area contributed by atoms with Crippen molar-refractivity contribution in [1.82, 2.24) is 0 Å². The number of halogens is 2. The zero-order valence-electron chi connectivity index (χ0n) is 14.1. The van der Waals surface area contributed by atoms with E-state index in [2.05, 4.69) is 5.32 Å². The number of benzene rings is 2. The number of carbonyl (C=O) groups excluding carboxylic acids is 1. The molecule has 26 heavy (non-hydrogen) atoms. The van der Waals surface area contributed by atoms with Gasteiger partial charge < -0.3 is 10.2 Å². The minimum Gasteiger partial charge on any atom is -0.356 e. The minimum atomic E-state index is -4.59. The van der Waals surface area contributed by atoms with Crippen LogP contribution >= 0.6 is 0 Å². The van der Waals surface area contributed by atoms with Crippen LogP contribution in [0.3, 0.4) is 0 Å². The van der Waals surface area contributed by atoms with Crippen LogP contribution in [0.4, 0.5) is 25.8 Å². The first-order valence-corrected chi connectivity index (χ1v) is 9.70. The summed E-state index contributed by atoms with van der Waals surface area (Å²) in [6.07, 6.45) is 1.12. The highest BCUT2D eigenvalue weighted by Gasteiger charge is 2.26. The summed E-state index contributed by atoms with van der Waals surface area (Å²) in [6.45, 7) is 2.53. The fourth-order valence-electron chi connectivity index (χ4n) is 2.98. The summed E-state index contributed by atoms with van der Waals surface area (Å²) >= 11 is 0. The maximum atomic E-state index is 12.6. The number of carbonyl (C=O) groups is 1. The van der Waals surface area contributed by atoms with Gasteiger partial charge in [-0.3, -0.25) is 4.79 Å². The lowest BCUT2D eigenvalue weighted by Crippen LogP contribution is -2.34. The van der Waals surface area contributed by atoms with Gasteiger partial charge in [-0.2, -0.15) is 8.78 Å². The van der Waals surface area contributed by atoms with E-state index in [4.69, 9.17) is 0 Å². The second-order valence-corrected chi connectivity index (χ2v) is 7.85. The molecule has 0 fully saturated rings. The van der Waals surface area contributed by atoms with Gasteiger partial charge in [0, 0.05) is 30.0 Å². The number of nitrogens with one attached hydrogen (secondary N) is 1. The number of nitrogens with zero attached hydrogens (tertiary/aromatic N) is 1. The Labute approximate surface area is 150 Å². The number of sulfone groups is 1. The highest BCUT2D eigenvalue weighted by atomic mass is 32.2. The summed E-state index contributed by atoms with van der Waals surface area (Å²) in [5, 5.41) is 3.12. The highest BCUT2D eigenvalue weighted by molar-refractivity contribution is 7.91. The van der Waals surface area contributed by atoms with Crippen LogP contribution < -0.4 is 10.2 Å². The lowest BCUT2D eigenvalue weighted by molar-refractivity contribution is -0.118. The van der Waals surface area contributed by atoms with Crippen molar-refractivity contribution in [2.75, 3.05) is 16.8 Å². The lowest BCUT2D eigenvalue weighted by Gasteiger charge is -2.28. The van der Waals surface area contributed by atoms with Gasteiger partial charge in [0.05, 0.1) is 4.90 Å². The van der Waals surface area contributed by atoms with Gasteiger partial charge in [-0.05, 0) is 61.4 Å². The van der Waals surface area contributed by atoms with Crippen LogP contribution in [0.1, 0.15) is 18.9 Å². The van der Waals surface area contributed by atoms with Crippen molar-refractivity contribution < 1.29 is 22.0 Å². The van der Waals surface area contributed by atoms with Crippen LogP contribution in [0.15, 0.2) is 47.4 Å². The summed E-state index contributed by atoms with van der Waals surface area (Å²) in [7, 11) is -4.59. The quantitative estimate of drug-likeness (QED) is 0.858. The molecule has 3 rings (SSSR count). The van der Waals surface area contributed by atoms with E-state index in [1.807, 2.05) is 25.1 Å². The third kappa shape index (κ3) is 3.41. The summed E-state index contributed by atoms with van der Waals surface area (Å²) < 4.78 is 48.0. The summed E-state index contributed by atoms with van der Waals surface area (Å²) in [5.41, 5.74) is 3.30. The van der Waals surface area contributed by atoms with E-state index in [1.165, 1.54) is 12.1 Å². The maximum absolute atomic E-state index is 12.6. The van der Waals surface area contributed by atoms with Gasteiger partial charge in [-0.15, -0.1) is 0 Å².